The summed E-state index contributed by atoms with van der Waals surface area (Å²) in [5.41, 5.74) is 1.62. The maximum absolute atomic E-state index is 12.2. The molecule has 1 N–H and O–H groups in total. The van der Waals surface area contributed by atoms with Gasteiger partial charge in [-0.2, -0.15) is 10.1 Å². The number of H-pyrrole nitrogens is 1. The van der Waals surface area contributed by atoms with E-state index in [0.717, 1.165) is 11.1 Å². The number of aromatic amines is 1. The first-order valence-electron chi connectivity index (χ1n) is 7.06. The summed E-state index contributed by atoms with van der Waals surface area (Å²) in [5, 5.41) is 6.30. The van der Waals surface area contributed by atoms with Crippen LogP contribution >= 0.6 is 0 Å². The topological polar surface area (TPSA) is 91.2 Å². The van der Waals surface area contributed by atoms with Gasteiger partial charge in [0.05, 0.1) is 0 Å². The number of piperazine rings is 1. The zero-order valence-electron chi connectivity index (χ0n) is 11.8. The predicted molar refractivity (Wildman–Crippen MR) is 78.5 cm³/mol. The Kier molecular flexibility index (Phi) is 2.99. The van der Waals surface area contributed by atoms with Gasteiger partial charge < -0.3 is 14.2 Å². The quantitative estimate of drug-likeness (QED) is 0.756. The van der Waals surface area contributed by atoms with Gasteiger partial charge in [0.1, 0.15) is 11.8 Å². The fourth-order valence-electron chi connectivity index (χ4n) is 2.55. The third-order valence-corrected chi connectivity index (χ3v) is 3.74. The van der Waals surface area contributed by atoms with E-state index in [1.807, 2.05) is 29.2 Å². The summed E-state index contributed by atoms with van der Waals surface area (Å²) in [6.07, 6.45) is 1.34. The van der Waals surface area contributed by atoms with Crippen molar-refractivity contribution in [3.8, 4) is 0 Å². The summed E-state index contributed by atoms with van der Waals surface area (Å²) in [6, 6.07) is 8.28. The number of aromatic nitrogens is 4. The van der Waals surface area contributed by atoms with Crippen molar-refractivity contribution < 1.29 is 9.21 Å². The van der Waals surface area contributed by atoms with E-state index >= 15 is 0 Å². The first kappa shape index (κ1) is 12.8. The molecule has 0 aliphatic carbocycles. The van der Waals surface area contributed by atoms with Crippen molar-refractivity contribution in [3.63, 3.8) is 0 Å². The van der Waals surface area contributed by atoms with Gasteiger partial charge in [-0.1, -0.05) is 12.1 Å². The summed E-state index contributed by atoms with van der Waals surface area (Å²) in [6.45, 7) is 2.54. The number of nitrogens with one attached hydrogen (secondary N) is 1. The van der Waals surface area contributed by atoms with Crippen LogP contribution in [0.4, 0.5) is 6.01 Å². The predicted octanol–water partition coefficient (Wildman–Crippen LogP) is 0.908. The van der Waals surface area contributed by atoms with Crippen LogP contribution in [0.1, 0.15) is 10.6 Å². The lowest BCUT2D eigenvalue weighted by Crippen LogP contribution is -2.49. The molecule has 0 unspecified atom stereocenters. The number of rotatable bonds is 2. The van der Waals surface area contributed by atoms with Crippen molar-refractivity contribution in [3.05, 3.63) is 36.4 Å². The molecule has 8 nitrogen and oxygen atoms in total. The van der Waals surface area contributed by atoms with E-state index in [4.69, 9.17) is 4.42 Å². The van der Waals surface area contributed by atoms with E-state index in [2.05, 4.69) is 20.2 Å². The second-order valence-corrected chi connectivity index (χ2v) is 5.08. The molecule has 1 saturated heterocycles. The summed E-state index contributed by atoms with van der Waals surface area (Å²) < 4.78 is 5.76. The smallest absolute Gasteiger partial charge is 0.298 e. The lowest BCUT2D eigenvalue weighted by molar-refractivity contribution is 0.0733. The minimum atomic E-state index is -0.130. The van der Waals surface area contributed by atoms with Gasteiger partial charge in [0.15, 0.2) is 5.58 Å². The van der Waals surface area contributed by atoms with Crippen LogP contribution in [0.2, 0.25) is 0 Å². The number of hydrogen-bond acceptors (Lipinski definition) is 6. The monoisotopic (exact) mass is 298 g/mol. The normalized spacial score (nSPS) is 15.5. The van der Waals surface area contributed by atoms with Gasteiger partial charge in [0.2, 0.25) is 5.82 Å². The highest BCUT2D eigenvalue weighted by Gasteiger charge is 2.25. The van der Waals surface area contributed by atoms with Gasteiger partial charge in [0.25, 0.3) is 11.9 Å². The minimum Gasteiger partial charge on any atom is -0.423 e. The number of nitrogens with zero attached hydrogens (tertiary/aromatic N) is 5. The molecule has 1 amide bonds. The number of benzene rings is 1. The van der Waals surface area contributed by atoms with Crippen molar-refractivity contribution in [1.29, 1.82) is 0 Å². The SMILES string of the molecule is O=C(c1ncn[nH]1)N1CCN(c2nc3ccccc3o2)CC1. The van der Waals surface area contributed by atoms with E-state index in [9.17, 15) is 4.79 Å². The average Bonchev–Trinajstić information content (AvgIpc) is 3.23. The van der Waals surface area contributed by atoms with E-state index < -0.39 is 0 Å². The molecule has 3 aromatic rings. The molecule has 0 radical (unpaired) electrons. The van der Waals surface area contributed by atoms with Gasteiger partial charge in [-0.15, -0.1) is 0 Å². The van der Waals surface area contributed by atoms with Crippen LogP contribution in [0.3, 0.4) is 0 Å². The van der Waals surface area contributed by atoms with Crippen molar-refractivity contribution in [2.24, 2.45) is 0 Å². The second-order valence-electron chi connectivity index (χ2n) is 5.08. The first-order valence-corrected chi connectivity index (χ1v) is 7.06. The van der Waals surface area contributed by atoms with Crippen LogP contribution < -0.4 is 4.90 Å². The zero-order chi connectivity index (χ0) is 14.9. The van der Waals surface area contributed by atoms with Gasteiger partial charge >= 0.3 is 0 Å². The third kappa shape index (κ3) is 2.18. The molecule has 0 spiro atoms. The Morgan fingerprint density at radius 3 is 2.73 bits per heavy atom. The minimum absolute atomic E-state index is 0.130. The van der Waals surface area contributed by atoms with E-state index in [1.54, 1.807) is 4.90 Å². The molecule has 0 saturated carbocycles. The molecular formula is C14H14N6O2. The largest absolute Gasteiger partial charge is 0.423 e. The molecule has 112 valence electrons. The zero-order valence-corrected chi connectivity index (χ0v) is 11.8. The van der Waals surface area contributed by atoms with Gasteiger partial charge in [-0.25, -0.2) is 4.98 Å². The van der Waals surface area contributed by atoms with Crippen LogP contribution in [0.5, 0.6) is 0 Å². The molecule has 8 heteroatoms. The van der Waals surface area contributed by atoms with E-state index in [0.29, 0.717) is 32.2 Å². The lowest BCUT2D eigenvalue weighted by atomic mass is 10.3. The molecule has 2 aromatic heterocycles. The average molecular weight is 298 g/mol. The number of carbonyl (C=O) groups excluding carboxylic acids is 1. The van der Waals surface area contributed by atoms with Gasteiger partial charge in [-0.05, 0) is 12.1 Å². The fraction of sp³-hybridized carbons (Fsp3) is 0.286. The lowest BCUT2D eigenvalue weighted by Gasteiger charge is -2.33. The van der Waals surface area contributed by atoms with Crippen molar-refractivity contribution in [2.75, 3.05) is 31.1 Å². The number of amides is 1. The Morgan fingerprint density at radius 2 is 2.00 bits per heavy atom. The Balaban J connectivity index is 1.46. The Bertz CT molecular complexity index is 756. The van der Waals surface area contributed by atoms with Crippen LogP contribution in [0.25, 0.3) is 11.1 Å². The van der Waals surface area contributed by atoms with Gasteiger partial charge in [-0.3, -0.25) is 9.89 Å². The summed E-state index contributed by atoms with van der Waals surface area (Å²) in [4.78, 5) is 24.4. The molecule has 3 heterocycles. The maximum Gasteiger partial charge on any atom is 0.298 e. The molecule has 1 aliphatic heterocycles. The molecule has 1 aromatic carbocycles. The molecule has 1 aliphatic rings. The Labute approximate surface area is 125 Å². The Hall–Kier alpha value is -2.90. The summed E-state index contributed by atoms with van der Waals surface area (Å²) in [7, 11) is 0. The molecular weight excluding hydrogens is 284 g/mol. The molecule has 0 bridgehead atoms. The molecule has 1 fully saturated rings. The number of anilines is 1. The summed E-state index contributed by atoms with van der Waals surface area (Å²) >= 11 is 0. The number of hydrogen-bond donors (Lipinski definition) is 1. The highest BCUT2D eigenvalue weighted by Crippen LogP contribution is 2.22. The molecule has 4 rings (SSSR count). The first-order chi connectivity index (χ1) is 10.8. The molecule has 0 atom stereocenters. The highest BCUT2D eigenvalue weighted by atomic mass is 16.4. The van der Waals surface area contributed by atoms with Crippen LogP contribution in [-0.4, -0.2) is 57.2 Å². The van der Waals surface area contributed by atoms with Crippen LogP contribution in [-0.2, 0) is 0 Å². The third-order valence-electron chi connectivity index (χ3n) is 3.74. The van der Waals surface area contributed by atoms with Gasteiger partial charge in [0, 0.05) is 26.2 Å². The van der Waals surface area contributed by atoms with Crippen molar-refractivity contribution in [2.45, 2.75) is 0 Å². The van der Waals surface area contributed by atoms with Crippen LogP contribution in [0.15, 0.2) is 35.0 Å². The highest BCUT2D eigenvalue weighted by molar-refractivity contribution is 5.90. The summed E-state index contributed by atoms with van der Waals surface area (Å²) in [5.74, 6) is 0.144. The van der Waals surface area contributed by atoms with Crippen molar-refractivity contribution >= 4 is 23.0 Å². The Morgan fingerprint density at radius 1 is 1.18 bits per heavy atom. The second kappa shape index (κ2) is 5.14. The molecule has 22 heavy (non-hydrogen) atoms. The van der Waals surface area contributed by atoms with E-state index in [1.165, 1.54) is 6.33 Å². The number of fused-ring (bicyclic) bond motifs is 1. The number of carbonyl (C=O) groups is 1. The number of oxazole rings is 1. The van der Waals surface area contributed by atoms with Crippen LogP contribution in [0, 0.1) is 0 Å². The number of para-hydroxylation sites is 2. The maximum atomic E-state index is 12.2. The standard InChI is InChI=1S/C14H14N6O2/c21-13(12-15-9-16-18-12)19-5-7-20(8-6-19)14-17-10-3-1-2-4-11(10)22-14/h1-4,9H,5-8H2,(H,15,16,18). The van der Waals surface area contributed by atoms with Crippen molar-refractivity contribution in [1.82, 2.24) is 25.1 Å². The fourth-order valence-corrected chi connectivity index (χ4v) is 2.55. The van der Waals surface area contributed by atoms with E-state index in [-0.39, 0.29) is 11.7 Å².